The third-order valence-electron chi connectivity index (χ3n) is 8.36. The van der Waals surface area contributed by atoms with Crippen molar-refractivity contribution in [1.29, 1.82) is 0 Å². The van der Waals surface area contributed by atoms with Gasteiger partial charge in [-0.3, -0.25) is 9.35 Å². The standard InChI is InChI=1S/C36H70O8S/c1-3-5-7-9-11-13-15-17-19-21-23-25-27-29-31-42-35(37)33-34(44-45(39,40)41)36(38)43-32-30-28-26-24-22-20-18-16-14-12-10-8-6-4-2/h34H,3-33H2,1-2H3,(H,39,40,41). The van der Waals surface area contributed by atoms with Gasteiger partial charge < -0.3 is 9.47 Å². The molecule has 1 atom stereocenters. The van der Waals surface area contributed by atoms with E-state index in [0.29, 0.717) is 12.8 Å². The normalized spacial score (nSPS) is 12.3. The molecule has 1 N–H and O–H groups in total. The third kappa shape index (κ3) is 34.0. The van der Waals surface area contributed by atoms with E-state index in [1.807, 2.05) is 0 Å². The summed E-state index contributed by atoms with van der Waals surface area (Å²) in [6.45, 7) is 4.79. The molecule has 0 aliphatic carbocycles. The Morgan fingerprint density at radius 1 is 0.489 bits per heavy atom. The van der Waals surface area contributed by atoms with Crippen molar-refractivity contribution >= 4 is 22.3 Å². The lowest BCUT2D eigenvalue weighted by atomic mass is 10.0. The van der Waals surface area contributed by atoms with Crippen molar-refractivity contribution in [3.63, 3.8) is 0 Å². The molecule has 0 spiro atoms. The molecule has 0 amide bonds. The van der Waals surface area contributed by atoms with Crippen molar-refractivity contribution in [2.75, 3.05) is 13.2 Å². The summed E-state index contributed by atoms with van der Waals surface area (Å²) >= 11 is 0. The topological polar surface area (TPSA) is 116 Å². The predicted octanol–water partition coefficient (Wildman–Crippen LogP) is 10.6. The largest absolute Gasteiger partial charge is 0.466 e. The fourth-order valence-electron chi connectivity index (χ4n) is 5.56. The summed E-state index contributed by atoms with van der Waals surface area (Å²) in [5.41, 5.74) is 0. The van der Waals surface area contributed by atoms with Gasteiger partial charge in [0.05, 0.1) is 19.6 Å². The van der Waals surface area contributed by atoms with Gasteiger partial charge >= 0.3 is 22.3 Å². The minimum atomic E-state index is -4.93. The Balaban J connectivity index is 3.86. The molecule has 0 aliphatic rings. The molecule has 0 radical (unpaired) electrons. The van der Waals surface area contributed by atoms with Gasteiger partial charge in [0, 0.05) is 0 Å². The van der Waals surface area contributed by atoms with Crippen molar-refractivity contribution in [1.82, 2.24) is 0 Å². The second-order valence-electron chi connectivity index (χ2n) is 12.8. The van der Waals surface area contributed by atoms with E-state index in [1.54, 1.807) is 0 Å². The minimum absolute atomic E-state index is 0.107. The third-order valence-corrected chi connectivity index (χ3v) is 8.83. The van der Waals surface area contributed by atoms with E-state index < -0.39 is 34.9 Å². The van der Waals surface area contributed by atoms with Crippen LogP contribution in [0.25, 0.3) is 0 Å². The van der Waals surface area contributed by atoms with E-state index in [4.69, 9.17) is 14.0 Å². The molecule has 9 heteroatoms. The first-order valence-corrected chi connectivity index (χ1v) is 20.1. The first-order valence-electron chi connectivity index (χ1n) is 18.8. The van der Waals surface area contributed by atoms with Crippen LogP contribution in [0.2, 0.25) is 0 Å². The second kappa shape index (κ2) is 32.7. The summed E-state index contributed by atoms with van der Waals surface area (Å²) in [5, 5.41) is 0. The second-order valence-corrected chi connectivity index (χ2v) is 13.8. The van der Waals surface area contributed by atoms with Crippen LogP contribution in [0, 0.1) is 0 Å². The number of unbranched alkanes of at least 4 members (excludes halogenated alkanes) is 26. The molecule has 0 bridgehead atoms. The molecule has 0 aliphatic heterocycles. The Hall–Kier alpha value is -1.19. The van der Waals surface area contributed by atoms with E-state index in [0.717, 1.165) is 32.1 Å². The predicted molar refractivity (Wildman–Crippen MR) is 184 cm³/mol. The van der Waals surface area contributed by atoms with E-state index in [9.17, 15) is 18.0 Å². The van der Waals surface area contributed by atoms with Crippen molar-refractivity contribution < 1.29 is 36.2 Å². The van der Waals surface area contributed by atoms with Crippen LogP contribution in [0.4, 0.5) is 0 Å². The van der Waals surface area contributed by atoms with Crippen molar-refractivity contribution in [2.24, 2.45) is 0 Å². The Morgan fingerprint density at radius 3 is 1.09 bits per heavy atom. The fraction of sp³-hybridized carbons (Fsp3) is 0.944. The quantitative estimate of drug-likeness (QED) is 0.0405. The molecule has 0 rings (SSSR count). The number of rotatable bonds is 35. The van der Waals surface area contributed by atoms with Crippen LogP contribution < -0.4 is 0 Å². The van der Waals surface area contributed by atoms with Crippen LogP contribution in [0.5, 0.6) is 0 Å². The fourth-order valence-corrected chi connectivity index (χ4v) is 6.00. The van der Waals surface area contributed by atoms with Crippen molar-refractivity contribution in [3.05, 3.63) is 0 Å². The van der Waals surface area contributed by atoms with Gasteiger partial charge in [-0.15, -0.1) is 0 Å². The summed E-state index contributed by atoms with van der Waals surface area (Å²) in [6.07, 6.45) is 31.6. The molecule has 0 aromatic carbocycles. The van der Waals surface area contributed by atoms with E-state index in [-0.39, 0.29) is 13.2 Å². The Bertz CT molecular complexity index is 771. The first-order chi connectivity index (χ1) is 21.8. The summed E-state index contributed by atoms with van der Waals surface area (Å²) in [7, 11) is -4.93. The number of hydrogen-bond donors (Lipinski definition) is 1. The molecule has 0 saturated carbocycles. The number of hydrogen-bond acceptors (Lipinski definition) is 7. The Labute approximate surface area is 277 Å². The number of ether oxygens (including phenoxy) is 2. The number of esters is 2. The molecule has 1 unspecified atom stereocenters. The molecule has 0 aromatic heterocycles. The number of carbonyl (C=O) groups is 2. The maximum absolute atomic E-state index is 12.4. The van der Waals surface area contributed by atoms with Gasteiger partial charge in [0.2, 0.25) is 0 Å². The molecule has 0 aromatic rings. The van der Waals surface area contributed by atoms with Crippen LogP contribution in [-0.2, 0) is 33.6 Å². The van der Waals surface area contributed by atoms with E-state index in [2.05, 4.69) is 18.0 Å². The molecule has 0 heterocycles. The van der Waals surface area contributed by atoms with Gasteiger partial charge in [0.25, 0.3) is 0 Å². The smallest absolute Gasteiger partial charge is 0.398 e. The highest BCUT2D eigenvalue weighted by Crippen LogP contribution is 2.15. The molecule has 45 heavy (non-hydrogen) atoms. The molecule has 0 fully saturated rings. The Kier molecular flexibility index (Phi) is 31.9. The first kappa shape index (κ1) is 43.8. The molecule has 0 saturated heterocycles. The summed E-state index contributed by atoms with van der Waals surface area (Å²) < 4.78 is 46.2. The van der Waals surface area contributed by atoms with Crippen LogP contribution >= 0.6 is 0 Å². The van der Waals surface area contributed by atoms with E-state index in [1.165, 1.54) is 135 Å². The highest BCUT2D eigenvalue weighted by atomic mass is 32.3. The highest BCUT2D eigenvalue weighted by molar-refractivity contribution is 7.80. The van der Waals surface area contributed by atoms with Crippen molar-refractivity contribution in [3.8, 4) is 0 Å². The van der Waals surface area contributed by atoms with Gasteiger partial charge in [-0.1, -0.05) is 181 Å². The zero-order valence-corrected chi connectivity index (χ0v) is 30.0. The van der Waals surface area contributed by atoms with Gasteiger partial charge in [0.1, 0.15) is 0 Å². The van der Waals surface area contributed by atoms with Gasteiger partial charge in [-0.2, -0.15) is 8.42 Å². The number of carbonyl (C=O) groups excluding carboxylic acids is 2. The summed E-state index contributed by atoms with van der Waals surface area (Å²) in [5.74, 6) is -1.75. The average molecular weight is 663 g/mol. The molecule has 8 nitrogen and oxygen atoms in total. The SMILES string of the molecule is CCCCCCCCCCCCCCCCOC(=O)CC(OS(=O)(=O)O)C(=O)OCCCCCCCCCCCCCCCC. The van der Waals surface area contributed by atoms with Crippen LogP contribution in [0.1, 0.15) is 200 Å². The lowest BCUT2D eigenvalue weighted by molar-refractivity contribution is -0.158. The maximum atomic E-state index is 12.4. The van der Waals surface area contributed by atoms with E-state index >= 15 is 0 Å². The average Bonchev–Trinajstić information content (AvgIpc) is 3.00. The monoisotopic (exact) mass is 662 g/mol. The maximum Gasteiger partial charge on any atom is 0.398 e. The van der Waals surface area contributed by atoms with Crippen LogP contribution in [-0.4, -0.2) is 44.2 Å². The Morgan fingerprint density at radius 2 is 0.778 bits per heavy atom. The zero-order valence-electron chi connectivity index (χ0n) is 29.2. The van der Waals surface area contributed by atoms with Crippen LogP contribution in [0.3, 0.4) is 0 Å². The molecule has 268 valence electrons. The highest BCUT2D eigenvalue weighted by Gasteiger charge is 2.30. The van der Waals surface area contributed by atoms with Gasteiger partial charge in [-0.25, -0.2) is 8.98 Å². The lowest BCUT2D eigenvalue weighted by Crippen LogP contribution is -2.32. The zero-order chi connectivity index (χ0) is 33.3. The molecular formula is C36H70O8S. The molecular weight excluding hydrogens is 592 g/mol. The summed E-state index contributed by atoms with van der Waals surface area (Å²) in [6, 6.07) is 0. The van der Waals surface area contributed by atoms with Crippen molar-refractivity contribution in [2.45, 2.75) is 206 Å². The van der Waals surface area contributed by atoms with Crippen LogP contribution in [0.15, 0.2) is 0 Å². The van der Waals surface area contributed by atoms with Gasteiger partial charge in [-0.05, 0) is 12.8 Å². The summed E-state index contributed by atoms with van der Waals surface area (Å²) in [4.78, 5) is 24.6. The minimum Gasteiger partial charge on any atom is -0.466 e. The lowest BCUT2D eigenvalue weighted by Gasteiger charge is -2.14. The van der Waals surface area contributed by atoms with Gasteiger partial charge in [0.15, 0.2) is 6.10 Å².